The molecule has 1 N–H and O–H groups in total. The summed E-state index contributed by atoms with van der Waals surface area (Å²) in [4.78, 5) is 73.1. The Hall–Kier alpha value is -4.91. The lowest BCUT2D eigenvalue weighted by molar-refractivity contribution is -0.155. The monoisotopic (exact) mass is 710 g/mol. The molecule has 13 nitrogen and oxygen atoms in total. The highest BCUT2D eigenvalue weighted by atomic mass is 35.5. The Morgan fingerprint density at radius 3 is 2.26 bits per heavy atom. The summed E-state index contributed by atoms with van der Waals surface area (Å²) in [6.45, 7) is 9.84. The highest BCUT2D eigenvalue weighted by Crippen LogP contribution is 2.34. The first kappa shape index (κ1) is 37.9. The molecule has 1 unspecified atom stereocenters. The van der Waals surface area contributed by atoms with E-state index in [-0.39, 0.29) is 57.1 Å². The number of benzene rings is 2. The summed E-state index contributed by atoms with van der Waals surface area (Å²) in [7, 11) is 1.25. The smallest absolute Gasteiger partial charge is 0.409 e. The predicted octanol–water partition coefficient (Wildman–Crippen LogP) is 5.01. The van der Waals surface area contributed by atoms with Crippen LogP contribution >= 0.6 is 11.6 Å². The number of piperazine rings is 1. The number of amides is 3. The van der Waals surface area contributed by atoms with Gasteiger partial charge in [0.15, 0.2) is 0 Å². The van der Waals surface area contributed by atoms with Crippen LogP contribution < -0.4 is 10.1 Å². The molecule has 50 heavy (non-hydrogen) atoms. The summed E-state index contributed by atoms with van der Waals surface area (Å²) in [5.41, 5.74) is 0.725. The van der Waals surface area contributed by atoms with Gasteiger partial charge in [-0.25, -0.2) is 14.6 Å². The number of nitrogens with zero attached hydrogens (tertiary/aromatic N) is 3. The maximum absolute atomic E-state index is 13.9. The van der Waals surface area contributed by atoms with E-state index in [0.29, 0.717) is 27.1 Å². The number of ether oxygens (including phenoxy) is 4. The molecule has 1 aliphatic rings. The fourth-order valence-electron chi connectivity index (χ4n) is 5.34. The van der Waals surface area contributed by atoms with Crippen LogP contribution in [0.15, 0.2) is 48.5 Å². The van der Waals surface area contributed by atoms with Crippen molar-refractivity contribution in [3.05, 3.63) is 70.4 Å². The van der Waals surface area contributed by atoms with Crippen molar-refractivity contribution in [2.45, 2.75) is 65.2 Å². The van der Waals surface area contributed by atoms with E-state index in [1.54, 1.807) is 77.1 Å². The van der Waals surface area contributed by atoms with Crippen LogP contribution in [-0.2, 0) is 28.6 Å². The number of carbonyl (C=O) groups is 5. The molecule has 14 heteroatoms. The first-order valence-electron chi connectivity index (χ1n) is 16.3. The van der Waals surface area contributed by atoms with E-state index in [1.807, 2.05) is 0 Å². The molecule has 0 saturated carbocycles. The normalized spacial score (nSPS) is 14.4. The van der Waals surface area contributed by atoms with Gasteiger partial charge in [-0.3, -0.25) is 14.4 Å². The third kappa shape index (κ3) is 9.84. The molecule has 1 saturated heterocycles. The number of fused-ring (bicyclic) bond motifs is 1. The zero-order valence-electron chi connectivity index (χ0n) is 29.1. The van der Waals surface area contributed by atoms with E-state index < -0.39 is 47.6 Å². The van der Waals surface area contributed by atoms with Crippen molar-refractivity contribution in [1.82, 2.24) is 20.1 Å². The van der Waals surface area contributed by atoms with Crippen molar-refractivity contribution in [1.29, 1.82) is 0 Å². The summed E-state index contributed by atoms with van der Waals surface area (Å²) >= 11 is 6.46. The van der Waals surface area contributed by atoms with Gasteiger partial charge in [-0.2, -0.15) is 0 Å². The molecule has 1 fully saturated rings. The van der Waals surface area contributed by atoms with Gasteiger partial charge in [-0.05, 0) is 58.7 Å². The summed E-state index contributed by atoms with van der Waals surface area (Å²) < 4.78 is 21.8. The molecule has 0 bridgehead atoms. The summed E-state index contributed by atoms with van der Waals surface area (Å²) in [5, 5.41) is 3.63. The molecule has 1 aliphatic heterocycles. The SMILES string of the molecule is CCOC(=O)N1CCN(C(=O)[C@H](CCC(=O)OC(C)(C)C)NC(=O)c2cc(OC(C(=O)OC)c3ccccc3)c3cc(Cl)c(C)cc3n2)CC1. The number of esters is 2. The van der Waals surface area contributed by atoms with Crippen molar-refractivity contribution in [2.75, 3.05) is 39.9 Å². The zero-order chi connectivity index (χ0) is 36.6. The molecule has 1 aromatic heterocycles. The number of carbonyl (C=O) groups excluding carboxylic acids is 5. The van der Waals surface area contributed by atoms with Gasteiger partial charge in [-0.1, -0.05) is 41.9 Å². The molecule has 4 rings (SSSR count). The minimum atomic E-state index is -1.18. The van der Waals surface area contributed by atoms with Gasteiger partial charge in [0, 0.05) is 54.6 Å². The van der Waals surface area contributed by atoms with Gasteiger partial charge in [-0.15, -0.1) is 0 Å². The zero-order valence-corrected chi connectivity index (χ0v) is 29.9. The quantitative estimate of drug-likeness (QED) is 0.212. The summed E-state index contributed by atoms with van der Waals surface area (Å²) in [5.74, 6) is -2.21. The highest BCUT2D eigenvalue weighted by molar-refractivity contribution is 6.32. The van der Waals surface area contributed by atoms with E-state index in [1.165, 1.54) is 23.0 Å². The number of nitrogens with one attached hydrogen (secondary N) is 1. The number of aryl methyl sites for hydroxylation is 1. The predicted molar refractivity (Wildman–Crippen MR) is 185 cm³/mol. The maximum atomic E-state index is 13.9. The number of halogens is 1. The Morgan fingerprint density at radius 2 is 1.64 bits per heavy atom. The summed E-state index contributed by atoms with van der Waals surface area (Å²) in [6.07, 6.45) is -1.85. The highest BCUT2D eigenvalue weighted by Gasteiger charge is 2.32. The Balaban J connectivity index is 1.65. The topological polar surface area (TPSA) is 154 Å². The second-order valence-corrected chi connectivity index (χ2v) is 13.1. The number of aromatic nitrogens is 1. The molecule has 0 aliphatic carbocycles. The lowest BCUT2D eigenvalue weighted by Crippen LogP contribution is -2.56. The van der Waals surface area contributed by atoms with Crippen molar-refractivity contribution in [2.24, 2.45) is 0 Å². The molecule has 0 spiro atoms. The average molecular weight is 711 g/mol. The number of methoxy groups -OCH3 is 1. The Bertz CT molecular complexity index is 1720. The Kier molecular flexibility index (Phi) is 12.6. The van der Waals surface area contributed by atoms with Gasteiger partial charge in [0.2, 0.25) is 12.0 Å². The third-order valence-electron chi connectivity index (χ3n) is 7.82. The minimum absolute atomic E-state index is 0.0539. The maximum Gasteiger partial charge on any atom is 0.409 e. The van der Waals surface area contributed by atoms with Crippen LogP contribution in [0.4, 0.5) is 4.79 Å². The van der Waals surface area contributed by atoms with E-state index in [2.05, 4.69) is 10.3 Å². The fourth-order valence-corrected chi connectivity index (χ4v) is 5.50. The minimum Gasteiger partial charge on any atom is -0.473 e. The van der Waals surface area contributed by atoms with Crippen LogP contribution in [0.5, 0.6) is 5.75 Å². The van der Waals surface area contributed by atoms with Crippen LogP contribution in [0.2, 0.25) is 5.02 Å². The second kappa shape index (κ2) is 16.7. The molecule has 268 valence electrons. The van der Waals surface area contributed by atoms with Gasteiger partial charge in [0.25, 0.3) is 5.91 Å². The molecule has 2 aromatic carbocycles. The second-order valence-electron chi connectivity index (χ2n) is 12.7. The fraction of sp³-hybridized carbons (Fsp3) is 0.444. The van der Waals surface area contributed by atoms with E-state index in [9.17, 15) is 24.0 Å². The molecular weight excluding hydrogens is 668 g/mol. The van der Waals surface area contributed by atoms with Crippen LogP contribution in [-0.4, -0.2) is 96.2 Å². The molecule has 0 radical (unpaired) electrons. The first-order chi connectivity index (χ1) is 23.7. The van der Waals surface area contributed by atoms with Gasteiger partial charge in [0.05, 0.1) is 19.2 Å². The molecule has 2 atom stereocenters. The average Bonchev–Trinajstić information content (AvgIpc) is 3.08. The van der Waals surface area contributed by atoms with Crippen LogP contribution in [0.1, 0.15) is 68.3 Å². The lowest BCUT2D eigenvalue weighted by atomic mass is 10.1. The van der Waals surface area contributed by atoms with E-state index in [0.717, 1.165) is 0 Å². The van der Waals surface area contributed by atoms with Gasteiger partial charge in [0.1, 0.15) is 23.1 Å². The number of rotatable bonds is 11. The molecule has 3 aromatic rings. The number of hydrogen-bond acceptors (Lipinski definition) is 10. The third-order valence-corrected chi connectivity index (χ3v) is 8.23. The van der Waals surface area contributed by atoms with Gasteiger partial charge >= 0.3 is 18.0 Å². The van der Waals surface area contributed by atoms with Gasteiger partial charge < -0.3 is 34.1 Å². The van der Waals surface area contributed by atoms with Crippen molar-refractivity contribution < 1.29 is 42.9 Å². The summed E-state index contributed by atoms with van der Waals surface area (Å²) in [6, 6.07) is 12.3. The lowest BCUT2D eigenvalue weighted by Gasteiger charge is -2.36. The van der Waals surface area contributed by atoms with Crippen molar-refractivity contribution in [3.8, 4) is 5.75 Å². The molecular formula is C36H43ClN4O9. The Morgan fingerprint density at radius 1 is 0.980 bits per heavy atom. The van der Waals surface area contributed by atoms with Crippen molar-refractivity contribution >= 4 is 52.4 Å². The van der Waals surface area contributed by atoms with E-state index in [4.69, 9.17) is 30.5 Å². The molecule has 2 heterocycles. The Labute approximate surface area is 296 Å². The number of hydrogen-bond donors (Lipinski definition) is 1. The largest absolute Gasteiger partial charge is 0.473 e. The van der Waals surface area contributed by atoms with Crippen LogP contribution in [0.25, 0.3) is 10.9 Å². The van der Waals surface area contributed by atoms with Crippen LogP contribution in [0, 0.1) is 6.92 Å². The molecule has 3 amide bonds. The van der Waals surface area contributed by atoms with Crippen LogP contribution in [0.3, 0.4) is 0 Å². The van der Waals surface area contributed by atoms with E-state index >= 15 is 0 Å². The standard InChI is InChI=1S/C36H43ClN4O9/c1-7-48-35(46)41-17-15-40(16-18-41)33(44)26(13-14-30(42)50-36(3,4)5)39-32(43)28-21-29(24-20-25(37)22(2)19-27(24)38-28)49-31(34(45)47-6)23-11-9-8-10-12-23/h8-12,19-21,26,31H,7,13-18H2,1-6H3,(H,39,43)/t26-,31?/m0/s1. The van der Waals surface area contributed by atoms with Crippen molar-refractivity contribution in [3.63, 3.8) is 0 Å². The number of pyridine rings is 1. The first-order valence-corrected chi connectivity index (χ1v) is 16.7.